The van der Waals surface area contributed by atoms with Gasteiger partial charge in [0.1, 0.15) is 0 Å². The van der Waals surface area contributed by atoms with Gasteiger partial charge in [0, 0.05) is 18.0 Å². The van der Waals surface area contributed by atoms with E-state index in [1.807, 2.05) is 13.0 Å². The molecule has 1 rings (SSSR count). The first kappa shape index (κ1) is 5.84. The van der Waals surface area contributed by atoms with Gasteiger partial charge in [-0.3, -0.25) is 4.98 Å². The van der Waals surface area contributed by atoms with Gasteiger partial charge in [-0.1, -0.05) is 5.92 Å². The molecule has 0 atom stereocenters. The Hall–Kier alpha value is -1.29. The van der Waals surface area contributed by atoms with E-state index in [1.165, 1.54) is 0 Å². The Morgan fingerprint density at radius 3 is 2.89 bits per heavy atom. The predicted octanol–water partition coefficient (Wildman–Crippen LogP) is 1.37. The number of hydrogen-bond acceptors (Lipinski definition) is 1. The van der Waals surface area contributed by atoms with Crippen LogP contribution in [0.25, 0.3) is 0 Å². The predicted molar refractivity (Wildman–Crippen MR) is 36.9 cm³/mol. The second-order valence-corrected chi connectivity index (χ2v) is 1.83. The Morgan fingerprint density at radius 1 is 1.67 bits per heavy atom. The maximum atomic E-state index is 5.17. The molecule has 0 aromatic carbocycles. The summed E-state index contributed by atoms with van der Waals surface area (Å²) < 4.78 is 0. The molecule has 0 fully saturated rings. The fraction of sp³-hybridized carbons (Fsp3) is 0.125. The van der Waals surface area contributed by atoms with Gasteiger partial charge >= 0.3 is 0 Å². The van der Waals surface area contributed by atoms with Gasteiger partial charge in [0.15, 0.2) is 0 Å². The summed E-state index contributed by atoms with van der Waals surface area (Å²) in [6.45, 7) is 1.95. The first-order valence-corrected chi connectivity index (χ1v) is 2.72. The molecular weight excluding hydrogens is 110 g/mol. The molecule has 0 aliphatic heterocycles. The largest absolute Gasteiger partial charge is 0.264 e. The van der Waals surface area contributed by atoms with E-state index in [-0.39, 0.29) is 0 Å². The van der Waals surface area contributed by atoms with Crippen molar-refractivity contribution in [3.05, 3.63) is 29.6 Å². The number of aromatic nitrogens is 1. The van der Waals surface area contributed by atoms with Crippen LogP contribution in [0.4, 0.5) is 0 Å². The van der Waals surface area contributed by atoms with Crippen molar-refractivity contribution < 1.29 is 0 Å². The van der Waals surface area contributed by atoms with Crippen LogP contribution in [0.15, 0.2) is 18.5 Å². The third-order valence-corrected chi connectivity index (χ3v) is 1.18. The normalized spacial score (nSPS) is 8.44. The summed E-state index contributed by atoms with van der Waals surface area (Å²) in [5.74, 6) is 2.56. The van der Waals surface area contributed by atoms with Crippen molar-refractivity contribution in [1.29, 1.82) is 0 Å². The molecule has 0 aliphatic rings. The van der Waals surface area contributed by atoms with Gasteiger partial charge in [-0.2, -0.15) is 0 Å². The fourth-order valence-corrected chi connectivity index (χ4v) is 0.635. The number of nitrogens with zero attached hydrogens (tertiary/aromatic N) is 1. The molecular formula is C8H7N. The number of terminal acetylenes is 1. The summed E-state index contributed by atoms with van der Waals surface area (Å²) in [6.07, 6.45) is 8.63. The number of rotatable bonds is 0. The van der Waals surface area contributed by atoms with Gasteiger partial charge in [0.2, 0.25) is 0 Å². The van der Waals surface area contributed by atoms with Crippen LogP contribution in [-0.2, 0) is 0 Å². The monoisotopic (exact) mass is 117 g/mol. The van der Waals surface area contributed by atoms with E-state index in [4.69, 9.17) is 6.42 Å². The Kier molecular flexibility index (Phi) is 1.51. The molecule has 0 saturated carbocycles. The summed E-state index contributed by atoms with van der Waals surface area (Å²) in [4.78, 5) is 3.90. The van der Waals surface area contributed by atoms with E-state index in [2.05, 4.69) is 10.9 Å². The first-order valence-electron chi connectivity index (χ1n) is 2.72. The van der Waals surface area contributed by atoms with Crippen molar-refractivity contribution in [3.63, 3.8) is 0 Å². The third-order valence-electron chi connectivity index (χ3n) is 1.18. The Balaban J connectivity index is 3.20. The maximum Gasteiger partial charge on any atom is 0.0309 e. The van der Waals surface area contributed by atoms with Crippen LogP contribution >= 0.6 is 0 Å². The molecule has 1 heterocycles. The van der Waals surface area contributed by atoms with Crippen LogP contribution in [0.3, 0.4) is 0 Å². The van der Waals surface area contributed by atoms with E-state index < -0.39 is 0 Å². The number of pyridine rings is 1. The topological polar surface area (TPSA) is 12.9 Å². The highest BCUT2D eigenvalue weighted by Crippen LogP contribution is 2.00. The maximum absolute atomic E-state index is 5.17. The average Bonchev–Trinajstić information content (AvgIpc) is 1.89. The van der Waals surface area contributed by atoms with E-state index in [1.54, 1.807) is 12.4 Å². The zero-order valence-corrected chi connectivity index (χ0v) is 5.26. The van der Waals surface area contributed by atoms with Crippen LogP contribution < -0.4 is 0 Å². The summed E-state index contributed by atoms with van der Waals surface area (Å²) in [6, 6.07) is 1.83. The molecule has 0 spiro atoms. The van der Waals surface area contributed by atoms with Crippen molar-refractivity contribution in [2.45, 2.75) is 6.92 Å². The SMILES string of the molecule is C#Cc1ccncc1C. The Bertz CT molecular complexity index is 245. The lowest BCUT2D eigenvalue weighted by Gasteiger charge is -1.92. The molecule has 1 heteroatoms. The second kappa shape index (κ2) is 2.32. The second-order valence-electron chi connectivity index (χ2n) is 1.83. The molecule has 0 unspecified atom stereocenters. The van der Waals surface area contributed by atoms with Gasteiger partial charge in [0.05, 0.1) is 0 Å². The quantitative estimate of drug-likeness (QED) is 0.468. The molecule has 0 bridgehead atoms. The van der Waals surface area contributed by atoms with E-state index in [0.717, 1.165) is 11.1 Å². The lowest BCUT2D eigenvalue weighted by molar-refractivity contribution is 1.25. The van der Waals surface area contributed by atoms with Gasteiger partial charge in [0.25, 0.3) is 0 Å². The Labute approximate surface area is 54.7 Å². The number of aryl methyl sites for hydroxylation is 1. The molecule has 0 aliphatic carbocycles. The molecule has 0 saturated heterocycles. The summed E-state index contributed by atoms with van der Waals surface area (Å²) in [5, 5.41) is 0. The molecule has 0 radical (unpaired) electrons. The summed E-state index contributed by atoms with van der Waals surface area (Å²) in [5.41, 5.74) is 1.98. The number of hydrogen-bond donors (Lipinski definition) is 0. The van der Waals surface area contributed by atoms with Crippen LogP contribution in [0.1, 0.15) is 11.1 Å². The highest BCUT2D eigenvalue weighted by Gasteiger charge is 1.88. The van der Waals surface area contributed by atoms with Crippen LogP contribution in [0, 0.1) is 19.3 Å². The molecule has 1 aromatic heterocycles. The Morgan fingerprint density at radius 2 is 2.44 bits per heavy atom. The summed E-state index contributed by atoms with van der Waals surface area (Å²) in [7, 11) is 0. The standard InChI is InChI=1S/C8H7N/c1-3-8-4-5-9-6-7(8)2/h1,4-6H,2H3. The van der Waals surface area contributed by atoms with Gasteiger partial charge in [-0.15, -0.1) is 6.42 Å². The van der Waals surface area contributed by atoms with Crippen molar-refractivity contribution in [1.82, 2.24) is 4.98 Å². The van der Waals surface area contributed by atoms with E-state index in [9.17, 15) is 0 Å². The van der Waals surface area contributed by atoms with Gasteiger partial charge in [-0.25, -0.2) is 0 Å². The minimum Gasteiger partial charge on any atom is -0.264 e. The minimum absolute atomic E-state index is 0.921. The van der Waals surface area contributed by atoms with Crippen LogP contribution in [-0.4, -0.2) is 4.98 Å². The van der Waals surface area contributed by atoms with Crippen molar-refractivity contribution in [2.75, 3.05) is 0 Å². The summed E-state index contributed by atoms with van der Waals surface area (Å²) >= 11 is 0. The fourth-order valence-electron chi connectivity index (χ4n) is 0.635. The van der Waals surface area contributed by atoms with Crippen LogP contribution in [0.2, 0.25) is 0 Å². The molecule has 1 nitrogen and oxygen atoms in total. The zero-order chi connectivity index (χ0) is 6.69. The van der Waals surface area contributed by atoms with Crippen LogP contribution in [0.5, 0.6) is 0 Å². The highest BCUT2D eigenvalue weighted by atomic mass is 14.6. The molecule has 0 amide bonds. The van der Waals surface area contributed by atoms with E-state index >= 15 is 0 Å². The molecule has 0 N–H and O–H groups in total. The minimum atomic E-state index is 0.921. The van der Waals surface area contributed by atoms with Gasteiger partial charge in [-0.05, 0) is 18.6 Å². The smallest absolute Gasteiger partial charge is 0.0309 e. The van der Waals surface area contributed by atoms with Crippen molar-refractivity contribution in [3.8, 4) is 12.3 Å². The van der Waals surface area contributed by atoms with Gasteiger partial charge < -0.3 is 0 Å². The highest BCUT2D eigenvalue weighted by molar-refractivity contribution is 5.36. The van der Waals surface area contributed by atoms with Crippen molar-refractivity contribution in [2.24, 2.45) is 0 Å². The van der Waals surface area contributed by atoms with Crippen molar-refractivity contribution >= 4 is 0 Å². The average molecular weight is 117 g/mol. The molecule has 1 aromatic rings. The van der Waals surface area contributed by atoms with E-state index in [0.29, 0.717) is 0 Å². The lowest BCUT2D eigenvalue weighted by atomic mass is 10.2. The zero-order valence-electron chi connectivity index (χ0n) is 5.26. The lowest BCUT2D eigenvalue weighted by Crippen LogP contribution is -1.80. The molecule has 44 valence electrons. The third kappa shape index (κ3) is 1.09. The first-order chi connectivity index (χ1) is 4.34. The molecule has 9 heavy (non-hydrogen) atoms.